The molecule has 1 aliphatic heterocycles. The molecule has 24 heavy (non-hydrogen) atoms. The normalized spacial score (nSPS) is 15.5. The third kappa shape index (κ3) is 3.10. The molecule has 0 bridgehead atoms. The number of nitrogens with zero attached hydrogens (tertiary/aromatic N) is 3. The number of nitrogens with one attached hydrogen (secondary N) is 1. The monoisotopic (exact) mass is 328 g/mol. The maximum absolute atomic E-state index is 12.2. The first-order chi connectivity index (χ1) is 11.6. The van der Waals surface area contributed by atoms with Crippen molar-refractivity contribution < 1.29 is 5.11 Å². The predicted octanol–water partition coefficient (Wildman–Crippen LogP) is 1.44. The van der Waals surface area contributed by atoms with E-state index in [0.29, 0.717) is 11.4 Å². The number of piperidine rings is 1. The topological polar surface area (TPSA) is 90.7 Å². The Morgan fingerprint density at radius 1 is 1.12 bits per heavy atom. The van der Waals surface area contributed by atoms with Crippen LogP contribution >= 0.6 is 0 Å². The Balaban J connectivity index is 2.10. The van der Waals surface area contributed by atoms with Crippen LogP contribution in [0.3, 0.4) is 0 Å². The van der Waals surface area contributed by atoms with Crippen LogP contribution in [0.5, 0.6) is 5.88 Å². The molecule has 7 nitrogen and oxygen atoms in total. The van der Waals surface area contributed by atoms with Crippen LogP contribution in [0.1, 0.15) is 31.7 Å². The average molecular weight is 328 g/mol. The zero-order valence-electron chi connectivity index (χ0n) is 13.5. The summed E-state index contributed by atoms with van der Waals surface area (Å²) >= 11 is 0. The van der Waals surface area contributed by atoms with Crippen molar-refractivity contribution in [2.75, 3.05) is 13.1 Å². The number of benzene rings is 1. The van der Waals surface area contributed by atoms with Crippen LogP contribution in [0.2, 0.25) is 0 Å². The fourth-order valence-electron chi connectivity index (χ4n) is 2.91. The van der Waals surface area contributed by atoms with Crippen LogP contribution in [0, 0.1) is 0 Å². The Morgan fingerprint density at radius 2 is 1.79 bits per heavy atom. The molecule has 1 aliphatic rings. The van der Waals surface area contributed by atoms with Crippen molar-refractivity contribution in [3.05, 3.63) is 56.7 Å². The van der Waals surface area contributed by atoms with E-state index >= 15 is 0 Å². The minimum absolute atomic E-state index is 0.0176. The van der Waals surface area contributed by atoms with E-state index in [-0.39, 0.29) is 5.56 Å². The maximum atomic E-state index is 12.2. The van der Waals surface area contributed by atoms with E-state index in [1.807, 2.05) is 5.01 Å². The summed E-state index contributed by atoms with van der Waals surface area (Å²) in [5.74, 6) is -0.395. The highest BCUT2D eigenvalue weighted by atomic mass is 16.3. The first-order valence-corrected chi connectivity index (χ1v) is 8.02. The van der Waals surface area contributed by atoms with Gasteiger partial charge in [0, 0.05) is 13.1 Å². The average Bonchev–Trinajstić information content (AvgIpc) is 2.56. The van der Waals surface area contributed by atoms with Gasteiger partial charge in [-0.25, -0.2) is 9.36 Å². The van der Waals surface area contributed by atoms with Gasteiger partial charge in [0.05, 0.1) is 11.4 Å². The molecule has 2 N–H and O–H groups in total. The fraction of sp³-hybridized carbons (Fsp3) is 0.353. The van der Waals surface area contributed by atoms with E-state index in [2.05, 4.69) is 10.1 Å². The number of hydrogen-bond acceptors (Lipinski definition) is 5. The van der Waals surface area contributed by atoms with Crippen LogP contribution in [-0.4, -0.2) is 38.5 Å². The maximum Gasteiger partial charge on any atom is 0.335 e. The highest BCUT2D eigenvalue weighted by Crippen LogP contribution is 2.18. The van der Waals surface area contributed by atoms with Gasteiger partial charge >= 0.3 is 5.69 Å². The number of rotatable bonds is 3. The van der Waals surface area contributed by atoms with E-state index in [0.717, 1.165) is 30.5 Å². The standard InChI is InChI=1S/C17H20N4O3/c1-12(19-20-10-6-3-7-11-20)14-15(22)18-17(24)21(16(14)23)13-8-4-2-5-9-13/h2,4-5,8-9,23H,3,6-7,10-11H2,1H3,(H,18,22,24). The van der Waals surface area contributed by atoms with Crippen LogP contribution in [0.15, 0.2) is 45.0 Å². The zero-order chi connectivity index (χ0) is 17.1. The van der Waals surface area contributed by atoms with Crippen molar-refractivity contribution in [3.63, 3.8) is 0 Å². The number of aromatic hydroxyl groups is 1. The molecule has 2 heterocycles. The molecule has 0 radical (unpaired) electrons. The summed E-state index contributed by atoms with van der Waals surface area (Å²) in [6.07, 6.45) is 3.29. The molecule has 0 spiro atoms. The fourth-order valence-corrected chi connectivity index (χ4v) is 2.91. The minimum atomic E-state index is -0.682. The van der Waals surface area contributed by atoms with Crippen molar-refractivity contribution in [1.29, 1.82) is 0 Å². The van der Waals surface area contributed by atoms with Gasteiger partial charge in [-0.2, -0.15) is 5.10 Å². The van der Waals surface area contributed by atoms with Gasteiger partial charge < -0.3 is 5.11 Å². The molecule has 1 aromatic carbocycles. The lowest BCUT2D eigenvalue weighted by Gasteiger charge is -2.24. The van der Waals surface area contributed by atoms with Gasteiger partial charge in [-0.1, -0.05) is 18.2 Å². The van der Waals surface area contributed by atoms with Crippen LogP contribution in [0.25, 0.3) is 5.69 Å². The summed E-state index contributed by atoms with van der Waals surface area (Å²) in [5.41, 5.74) is -0.436. The molecule has 126 valence electrons. The molecule has 3 rings (SSSR count). The Morgan fingerprint density at radius 3 is 2.46 bits per heavy atom. The van der Waals surface area contributed by atoms with Crippen molar-refractivity contribution in [1.82, 2.24) is 14.6 Å². The van der Waals surface area contributed by atoms with Gasteiger partial charge in [0.25, 0.3) is 5.56 Å². The molecule has 1 fully saturated rings. The lowest BCUT2D eigenvalue weighted by atomic mass is 10.1. The highest BCUT2D eigenvalue weighted by molar-refractivity contribution is 6.00. The molecule has 1 aromatic heterocycles. The van der Waals surface area contributed by atoms with Crippen molar-refractivity contribution >= 4 is 5.71 Å². The molecule has 0 atom stereocenters. The van der Waals surface area contributed by atoms with E-state index in [4.69, 9.17) is 0 Å². The van der Waals surface area contributed by atoms with Crippen molar-refractivity contribution in [3.8, 4) is 11.6 Å². The third-order valence-electron chi connectivity index (χ3n) is 4.09. The summed E-state index contributed by atoms with van der Waals surface area (Å²) in [6.45, 7) is 3.32. The second-order valence-electron chi connectivity index (χ2n) is 5.83. The second kappa shape index (κ2) is 6.74. The van der Waals surface area contributed by atoms with E-state index in [1.165, 1.54) is 6.42 Å². The van der Waals surface area contributed by atoms with E-state index in [1.54, 1.807) is 37.3 Å². The molecule has 2 aromatic rings. The number of aromatic amines is 1. The van der Waals surface area contributed by atoms with Gasteiger partial charge in [0.15, 0.2) is 0 Å². The van der Waals surface area contributed by atoms with Crippen molar-refractivity contribution in [2.24, 2.45) is 5.10 Å². The molecular weight excluding hydrogens is 308 g/mol. The van der Waals surface area contributed by atoms with Gasteiger partial charge in [-0.3, -0.25) is 14.8 Å². The summed E-state index contributed by atoms with van der Waals surface area (Å²) in [7, 11) is 0. The molecule has 0 aliphatic carbocycles. The molecular formula is C17H20N4O3. The number of H-pyrrole nitrogens is 1. The number of hydrogen-bond donors (Lipinski definition) is 2. The van der Waals surface area contributed by atoms with Gasteiger partial charge in [0.1, 0.15) is 5.56 Å². The largest absolute Gasteiger partial charge is 0.493 e. The number of para-hydroxylation sites is 1. The Hall–Kier alpha value is -2.83. The second-order valence-corrected chi connectivity index (χ2v) is 5.83. The lowest BCUT2D eigenvalue weighted by Crippen LogP contribution is -2.33. The summed E-state index contributed by atoms with van der Waals surface area (Å²) in [4.78, 5) is 26.6. The Bertz CT molecular complexity index is 862. The zero-order valence-corrected chi connectivity index (χ0v) is 13.5. The van der Waals surface area contributed by atoms with E-state index < -0.39 is 17.1 Å². The Labute approximate surface area is 138 Å². The van der Waals surface area contributed by atoms with Crippen LogP contribution < -0.4 is 11.2 Å². The predicted molar refractivity (Wildman–Crippen MR) is 92.0 cm³/mol. The minimum Gasteiger partial charge on any atom is -0.493 e. The molecule has 0 unspecified atom stereocenters. The SMILES string of the molecule is CC(=NN1CCCCC1)c1c(O)n(-c2ccccc2)c(=O)[nH]c1=O. The van der Waals surface area contributed by atoms with Crippen LogP contribution in [-0.2, 0) is 0 Å². The first kappa shape index (κ1) is 16.0. The number of hydrazone groups is 1. The summed E-state index contributed by atoms with van der Waals surface area (Å²) in [6, 6.07) is 8.67. The molecule has 0 saturated carbocycles. The Kier molecular flexibility index (Phi) is 4.50. The van der Waals surface area contributed by atoms with Gasteiger partial charge in [-0.05, 0) is 38.3 Å². The first-order valence-electron chi connectivity index (χ1n) is 8.02. The van der Waals surface area contributed by atoms with Gasteiger partial charge in [-0.15, -0.1) is 0 Å². The van der Waals surface area contributed by atoms with E-state index in [9.17, 15) is 14.7 Å². The summed E-state index contributed by atoms with van der Waals surface area (Å²) < 4.78 is 1.08. The molecule has 1 saturated heterocycles. The smallest absolute Gasteiger partial charge is 0.335 e. The molecule has 0 amide bonds. The molecule has 7 heteroatoms. The van der Waals surface area contributed by atoms with Gasteiger partial charge in [0.2, 0.25) is 5.88 Å². The quantitative estimate of drug-likeness (QED) is 0.834. The third-order valence-corrected chi connectivity index (χ3v) is 4.09. The summed E-state index contributed by atoms with van der Waals surface area (Å²) in [5, 5.41) is 16.9. The number of aromatic nitrogens is 2. The van der Waals surface area contributed by atoms with Crippen molar-refractivity contribution in [2.45, 2.75) is 26.2 Å². The highest BCUT2D eigenvalue weighted by Gasteiger charge is 2.19. The lowest BCUT2D eigenvalue weighted by molar-refractivity contribution is 0.239. The van der Waals surface area contributed by atoms with Crippen LogP contribution in [0.4, 0.5) is 0 Å².